The Morgan fingerprint density at radius 1 is 1.23 bits per heavy atom. The number of carbonyl (C=O) groups is 1. The number of hydrogen-bond donors (Lipinski definition) is 1. The highest BCUT2D eigenvalue weighted by Crippen LogP contribution is 2.25. The molecule has 0 saturated carbocycles. The molecule has 1 N–H and O–H groups in total. The van der Waals surface area contributed by atoms with Crippen molar-refractivity contribution in [1.29, 1.82) is 0 Å². The molecular weight excluding hydrogens is 414 g/mol. The molecule has 3 aromatic rings. The molecule has 1 amide bonds. The van der Waals surface area contributed by atoms with Gasteiger partial charge in [-0.25, -0.2) is 10.4 Å². The highest BCUT2D eigenvalue weighted by atomic mass is 79.9. The van der Waals surface area contributed by atoms with Gasteiger partial charge in [-0.1, -0.05) is 24.3 Å². The summed E-state index contributed by atoms with van der Waals surface area (Å²) in [6, 6.07) is 12.8. The molecule has 7 heteroatoms. The van der Waals surface area contributed by atoms with E-state index in [-0.39, 0.29) is 5.91 Å². The molecule has 0 bridgehead atoms. The summed E-state index contributed by atoms with van der Waals surface area (Å²) in [5, 5.41) is 4.83. The van der Waals surface area contributed by atoms with Gasteiger partial charge >= 0.3 is 0 Å². The first kappa shape index (κ1) is 14.9. The first-order valence-corrected chi connectivity index (χ1v) is 7.86. The van der Waals surface area contributed by atoms with Crippen LogP contribution in [0.1, 0.15) is 16.2 Å². The maximum atomic E-state index is 12.0. The van der Waals surface area contributed by atoms with Gasteiger partial charge in [0, 0.05) is 11.5 Å². The van der Waals surface area contributed by atoms with Gasteiger partial charge < -0.3 is 4.42 Å². The fraction of sp³-hybridized carbons (Fsp3) is 0. The molecule has 1 aromatic carbocycles. The van der Waals surface area contributed by atoms with Crippen molar-refractivity contribution in [3.8, 4) is 0 Å². The van der Waals surface area contributed by atoms with Crippen LogP contribution >= 0.6 is 31.9 Å². The van der Waals surface area contributed by atoms with Gasteiger partial charge in [-0.15, -0.1) is 0 Å². The molecule has 0 atom stereocenters. The van der Waals surface area contributed by atoms with Crippen LogP contribution < -0.4 is 5.43 Å². The third-order valence-electron chi connectivity index (χ3n) is 2.85. The first-order valence-electron chi connectivity index (χ1n) is 6.27. The number of fused-ring (bicyclic) bond motifs is 1. The SMILES string of the molecule is O=C(N/N=C\c1cc(Br)c(Br)o1)c1ccc2ccccc2n1. The number of amides is 1. The molecule has 0 saturated heterocycles. The van der Waals surface area contributed by atoms with Gasteiger partial charge in [0.25, 0.3) is 5.91 Å². The highest BCUT2D eigenvalue weighted by molar-refractivity contribution is 9.13. The maximum Gasteiger partial charge on any atom is 0.289 e. The van der Waals surface area contributed by atoms with E-state index in [1.807, 2.05) is 30.3 Å². The Balaban J connectivity index is 1.72. The van der Waals surface area contributed by atoms with Crippen LogP contribution in [0.25, 0.3) is 10.9 Å². The Hall–Kier alpha value is -1.99. The molecule has 22 heavy (non-hydrogen) atoms. The standard InChI is InChI=1S/C15H9Br2N3O2/c16-11-7-10(22-14(11)17)8-18-20-15(21)13-6-5-9-3-1-2-4-12(9)19-13/h1-8H,(H,20,21)/b18-8-. The van der Waals surface area contributed by atoms with Crippen LogP contribution in [0, 0.1) is 0 Å². The van der Waals surface area contributed by atoms with E-state index in [9.17, 15) is 4.79 Å². The number of aromatic nitrogens is 1. The van der Waals surface area contributed by atoms with Gasteiger partial charge in [-0.3, -0.25) is 4.79 Å². The molecule has 3 rings (SSSR count). The van der Waals surface area contributed by atoms with Gasteiger partial charge in [-0.05, 0) is 44.0 Å². The Labute approximate surface area is 142 Å². The van der Waals surface area contributed by atoms with Gasteiger partial charge in [0.05, 0.1) is 16.2 Å². The average molecular weight is 423 g/mol. The van der Waals surface area contributed by atoms with E-state index in [0.29, 0.717) is 16.1 Å². The van der Waals surface area contributed by atoms with Crippen molar-refractivity contribution in [2.45, 2.75) is 0 Å². The van der Waals surface area contributed by atoms with E-state index in [1.54, 1.807) is 12.1 Å². The number of benzene rings is 1. The number of halogens is 2. The van der Waals surface area contributed by atoms with E-state index in [4.69, 9.17) is 4.42 Å². The molecule has 2 aromatic heterocycles. The largest absolute Gasteiger partial charge is 0.447 e. The zero-order chi connectivity index (χ0) is 15.5. The summed E-state index contributed by atoms with van der Waals surface area (Å²) in [7, 11) is 0. The Morgan fingerprint density at radius 2 is 2.05 bits per heavy atom. The van der Waals surface area contributed by atoms with E-state index >= 15 is 0 Å². The number of furan rings is 1. The van der Waals surface area contributed by atoms with Crippen LogP contribution in [0.4, 0.5) is 0 Å². The molecule has 0 aliphatic heterocycles. The van der Waals surface area contributed by atoms with Crippen LogP contribution in [0.5, 0.6) is 0 Å². The zero-order valence-corrected chi connectivity index (χ0v) is 14.3. The lowest BCUT2D eigenvalue weighted by atomic mass is 10.2. The summed E-state index contributed by atoms with van der Waals surface area (Å²) in [6.07, 6.45) is 1.41. The molecular formula is C15H9Br2N3O2. The highest BCUT2D eigenvalue weighted by Gasteiger charge is 2.07. The second-order valence-corrected chi connectivity index (χ2v) is 5.93. The monoisotopic (exact) mass is 421 g/mol. The number of nitrogens with zero attached hydrogens (tertiary/aromatic N) is 2. The Morgan fingerprint density at radius 3 is 2.82 bits per heavy atom. The number of hydrogen-bond acceptors (Lipinski definition) is 4. The van der Waals surface area contributed by atoms with Gasteiger partial charge in [0.2, 0.25) is 0 Å². The van der Waals surface area contributed by atoms with E-state index in [1.165, 1.54) is 6.21 Å². The van der Waals surface area contributed by atoms with Gasteiger partial charge in [0.1, 0.15) is 11.5 Å². The number of hydrazone groups is 1. The van der Waals surface area contributed by atoms with Gasteiger partial charge in [-0.2, -0.15) is 5.10 Å². The number of carbonyl (C=O) groups excluding carboxylic acids is 1. The summed E-state index contributed by atoms with van der Waals surface area (Å²) in [5.41, 5.74) is 3.48. The molecule has 0 fully saturated rings. The molecule has 2 heterocycles. The molecule has 0 aliphatic carbocycles. The zero-order valence-electron chi connectivity index (χ0n) is 11.1. The van der Waals surface area contributed by atoms with E-state index < -0.39 is 0 Å². The molecule has 0 unspecified atom stereocenters. The summed E-state index contributed by atoms with van der Waals surface area (Å²) < 4.78 is 6.65. The third kappa shape index (κ3) is 3.26. The maximum absolute atomic E-state index is 12.0. The normalized spacial score (nSPS) is 11.2. The molecule has 0 spiro atoms. The number of rotatable bonds is 3. The summed E-state index contributed by atoms with van der Waals surface area (Å²) in [4.78, 5) is 16.3. The lowest BCUT2D eigenvalue weighted by Crippen LogP contribution is -2.18. The smallest absolute Gasteiger partial charge is 0.289 e. The van der Waals surface area contributed by atoms with Crippen LogP contribution in [-0.2, 0) is 0 Å². The quantitative estimate of drug-likeness (QED) is 0.510. The van der Waals surface area contributed by atoms with Crippen LogP contribution in [-0.4, -0.2) is 17.1 Å². The van der Waals surface area contributed by atoms with Crippen molar-refractivity contribution in [2.75, 3.05) is 0 Å². The summed E-state index contributed by atoms with van der Waals surface area (Å²) >= 11 is 6.52. The minimum absolute atomic E-state index is 0.303. The molecule has 5 nitrogen and oxygen atoms in total. The van der Waals surface area contributed by atoms with E-state index in [2.05, 4.69) is 47.4 Å². The van der Waals surface area contributed by atoms with Crippen molar-refractivity contribution in [3.05, 3.63) is 63.1 Å². The van der Waals surface area contributed by atoms with Crippen molar-refractivity contribution >= 4 is 54.9 Å². The van der Waals surface area contributed by atoms with E-state index in [0.717, 1.165) is 15.4 Å². The number of pyridine rings is 1. The molecule has 0 radical (unpaired) electrons. The number of nitrogens with one attached hydrogen (secondary N) is 1. The second kappa shape index (κ2) is 6.41. The minimum Gasteiger partial charge on any atom is -0.447 e. The van der Waals surface area contributed by atoms with Crippen molar-refractivity contribution in [1.82, 2.24) is 10.4 Å². The van der Waals surface area contributed by atoms with Crippen LogP contribution in [0.15, 0.2) is 61.1 Å². The van der Waals surface area contributed by atoms with Gasteiger partial charge in [0.15, 0.2) is 4.67 Å². The Kier molecular flexibility index (Phi) is 4.35. The third-order valence-corrected chi connectivity index (χ3v) is 4.56. The molecule has 110 valence electrons. The fourth-order valence-electron chi connectivity index (χ4n) is 1.83. The lowest BCUT2D eigenvalue weighted by molar-refractivity contribution is 0.0950. The van der Waals surface area contributed by atoms with Crippen LogP contribution in [0.3, 0.4) is 0 Å². The summed E-state index contributed by atoms with van der Waals surface area (Å²) in [6.45, 7) is 0. The topological polar surface area (TPSA) is 67.5 Å². The minimum atomic E-state index is -0.383. The predicted octanol–water partition coefficient (Wildman–Crippen LogP) is 4.12. The second-order valence-electron chi connectivity index (χ2n) is 4.36. The average Bonchev–Trinajstić information content (AvgIpc) is 2.85. The summed E-state index contributed by atoms with van der Waals surface area (Å²) in [5.74, 6) is 0.122. The first-order chi connectivity index (χ1) is 10.6. The Bertz CT molecular complexity index is 855. The van der Waals surface area contributed by atoms with Crippen molar-refractivity contribution in [2.24, 2.45) is 5.10 Å². The van der Waals surface area contributed by atoms with Crippen LogP contribution in [0.2, 0.25) is 0 Å². The number of para-hydroxylation sites is 1. The van der Waals surface area contributed by atoms with Crippen molar-refractivity contribution in [3.63, 3.8) is 0 Å². The fourth-order valence-corrected chi connectivity index (χ4v) is 2.44. The predicted molar refractivity (Wildman–Crippen MR) is 90.9 cm³/mol. The molecule has 0 aliphatic rings. The van der Waals surface area contributed by atoms with Crippen molar-refractivity contribution < 1.29 is 9.21 Å². The lowest BCUT2D eigenvalue weighted by Gasteiger charge is -2.01.